The Morgan fingerprint density at radius 3 is 3.00 bits per heavy atom. The van der Waals surface area contributed by atoms with Gasteiger partial charge >= 0.3 is 0 Å². The minimum absolute atomic E-state index is 0.0289. The summed E-state index contributed by atoms with van der Waals surface area (Å²) in [5.74, 6) is -0.131. The van der Waals surface area contributed by atoms with Crippen molar-refractivity contribution in [2.75, 3.05) is 13.1 Å². The van der Waals surface area contributed by atoms with Gasteiger partial charge in [0, 0.05) is 36.8 Å². The number of carbonyl (C=O) groups is 1. The normalized spacial score (nSPS) is 24.5. The van der Waals surface area contributed by atoms with E-state index in [1.807, 2.05) is 0 Å². The van der Waals surface area contributed by atoms with Gasteiger partial charge in [-0.25, -0.2) is 0 Å². The molecule has 23 heavy (non-hydrogen) atoms. The lowest BCUT2D eigenvalue weighted by molar-refractivity contribution is -0.384. The van der Waals surface area contributed by atoms with E-state index < -0.39 is 4.92 Å². The number of non-ortho nitro benzene ring substituents is 1. The van der Waals surface area contributed by atoms with Crippen LogP contribution in [0.5, 0.6) is 0 Å². The number of nitrogens with one attached hydrogen (secondary N) is 1. The third-order valence-corrected chi connectivity index (χ3v) is 4.69. The second kappa shape index (κ2) is 6.91. The minimum Gasteiger partial charge on any atom is -0.348 e. The number of hydrogen-bond acceptors (Lipinski definition) is 4. The van der Waals surface area contributed by atoms with Crippen LogP contribution in [-0.4, -0.2) is 40.9 Å². The molecule has 6 heteroatoms. The van der Waals surface area contributed by atoms with E-state index in [9.17, 15) is 14.9 Å². The minimum atomic E-state index is -0.437. The van der Waals surface area contributed by atoms with Gasteiger partial charge in [0.05, 0.1) is 4.92 Å². The SMILES string of the molecule is O=C(C=Cc1cccc([N+](=O)[O-])c1)NC1CCN2CCCCC12. The van der Waals surface area contributed by atoms with E-state index >= 15 is 0 Å². The summed E-state index contributed by atoms with van der Waals surface area (Å²) < 4.78 is 0. The molecule has 1 N–H and O–H groups in total. The zero-order valence-corrected chi connectivity index (χ0v) is 13.0. The molecule has 2 aliphatic heterocycles. The van der Waals surface area contributed by atoms with E-state index in [4.69, 9.17) is 0 Å². The molecular formula is C17H21N3O3. The molecule has 2 unspecified atom stereocenters. The average molecular weight is 315 g/mol. The number of hydrogen-bond donors (Lipinski definition) is 1. The van der Waals surface area contributed by atoms with Gasteiger partial charge in [0.25, 0.3) is 5.69 Å². The molecule has 2 atom stereocenters. The van der Waals surface area contributed by atoms with Gasteiger partial charge in [-0.05, 0) is 37.4 Å². The third kappa shape index (κ3) is 3.76. The molecule has 2 aliphatic rings. The first-order valence-electron chi connectivity index (χ1n) is 8.10. The van der Waals surface area contributed by atoms with E-state index in [2.05, 4.69) is 10.2 Å². The van der Waals surface area contributed by atoms with Crippen LogP contribution >= 0.6 is 0 Å². The van der Waals surface area contributed by atoms with Crippen LogP contribution in [0.3, 0.4) is 0 Å². The first kappa shape index (κ1) is 15.7. The molecule has 0 radical (unpaired) electrons. The van der Waals surface area contributed by atoms with Gasteiger partial charge in [-0.3, -0.25) is 19.8 Å². The molecule has 0 spiro atoms. The highest BCUT2D eigenvalue weighted by atomic mass is 16.6. The number of rotatable bonds is 4. The second-order valence-electron chi connectivity index (χ2n) is 6.19. The summed E-state index contributed by atoms with van der Waals surface area (Å²) in [5, 5.41) is 13.8. The topological polar surface area (TPSA) is 75.5 Å². The number of carbonyl (C=O) groups excluding carboxylic acids is 1. The number of nitro groups is 1. The number of piperidine rings is 1. The van der Waals surface area contributed by atoms with Gasteiger partial charge in [-0.15, -0.1) is 0 Å². The first-order valence-corrected chi connectivity index (χ1v) is 8.10. The average Bonchev–Trinajstić information content (AvgIpc) is 2.96. The summed E-state index contributed by atoms with van der Waals surface area (Å²) in [6, 6.07) is 6.95. The van der Waals surface area contributed by atoms with E-state index in [0.29, 0.717) is 11.6 Å². The molecular weight excluding hydrogens is 294 g/mol. The highest BCUT2D eigenvalue weighted by Gasteiger charge is 2.35. The molecule has 6 nitrogen and oxygen atoms in total. The Hall–Kier alpha value is -2.21. The summed E-state index contributed by atoms with van der Waals surface area (Å²) >= 11 is 0. The van der Waals surface area contributed by atoms with Crippen molar-refractivity contribution >= 4 is 17.7 Å². The fourth-order valence-corrected chi connectivity index (χ4v) is 3.56. The molecule has 1 aromatic carbocycles. The van der Waals surface area contributed by atoms with E-state index in [1.165, 1.54) is 31.1 Å². The summed E-state index contributed by atoms with van der Waals surface area (Å²) in [5.41, 5.74) is 0.682. The lowest BCUT2D eigenvalue weighted by atomic mass is 9.99. The first-order chi connectivity index (χ1) is 11.1. The number of amides is 1. The summed E-state index contributed by atoms with van der Waals surface area (Å²) in [6.07, 6.45) is 7.72. The van der Waals surface area contributed by atoms with E-state index in [0.717, 1.165) is 25.9 Å². The van der Waals surface area contributed by atoms with Gasteiger partial charge in [-0.1, -0.05) is 18.6 Å². The maximum Gasteiger partial charge on any atom is 0.270 e. The van der Waals surface area contributed by atoms with Gasteiger partial charge in [0.1, 0.15) is 0 Å². The van der Waals surface area contributed by atoms with Gasteiger partial charge in [0.15, 0.2) is 0 Å². The zero-order valence-electron chi connectivity index (χ0n) is 13.0. The fourth-order valence-electron chi connectivity index (χ4n) is 3.56. The molecule has 2 saturated heterocycles. The standard InChI is InChI=1S/C17H21N3O3/c21-17(8-7-13-4-3-5-14(12-13)20(22)23)18-15-9-11-19-10-2-1-6-16(15)19/h3-5,7-8,12,15-16H,1-2,6,9-11H2,(H,18,21). The van der Waals surface area contributed by atoms with Crippen molar-refractivity contribution in [3.05, 3.63) is 46.0 Å². The Balaban J connectivity index is 1.59. The Bertz CT molecular complexity index is 629. The smallest absolute Gasteiger partial charge is 0.270 e. The van der Waals surface area contributed by atoms with Crippen molar-refractivity contribution in [3.63, 3.8) is 0 Å². The number of benzene rings is 1. The van der Waals surface area contributed by atoms with Crippen molar-refractivity contribution in [2.45, 2.75) is 37.8 Å². The molecule has 0 saturated carbocycles. The number of nitro benzene ring substituents is 1. The van der Waals surface area contributed by atoms with E-state index in [1.54, 1.807) is 18.2 Å². The number of nitrogens with zero attached hydrogens (tertiary/aromatic N) is 2. The van der Waals surface area contributed by atoms with Gasteiger partial charge in [0.2, 0.25) is 5.91 Å². The van der Waals surface area contributed by atoms with Crippen molar-refractivity contribution in [1.29, 1.82) is 0 Å². The maximum absolute atomic E-state index is 12.1. The molecule has 2 fully saturated rings. The largest absolute Gasteiger partial charge is 0.348 e. The predicted octanol–water partition coefficient (Wildman–Crippen LogP) is 2.35. The Labute approximate surface area is 135 Å². The van der Waals surface area contributed by atoms with Gasteiger partial charge in [-0.2, -0.15) is 0 Å². The predicted molar refractivity (Wildman–Crippen MR) is 87.9 cm³/mol. The summed E-state index contributed by atoms with van der Waals surface area (Å²) in [7, 11) is 0. The highest BCUT2D eigenvalue weighted by Crippen LogP contribution is 2.27. The molecule has 0 aliphatic carbocycles. The monoisotopic (exact) mass is 315 g/mol. The lowest BCUT2D eigenvalue weighted by Crippen LogP contribution is -2.46. The van der Waals surface area contributed by atoms with Crippen LogP contribution in [0.1, 0.15) is 31.2 Å². The Morgan fingerprint density at radius 1 is 1.30 bits per heavy atom. The van der Waals surface area contributed by atoms with Crippen LogP contribution in [-0.2, 0) is 4.79 Å². The summed E-state index contributed by atoms with van der Waals surface area (Å²) in [6.45, 7) is 2.20. The molecule has 2 heterocycles. The molecule has 0 bridgehead atoms. The zero-order chi connectivity index (χ0) is 16.2. The van der Waals surface area contributed by atoms with Crippen molar-refractivity contribution in [1.82, 2.24) is 10.2 Å². The van der Waals surface area contributed by atoms with Crippen LogP contribution < -0.4 is 5.32 Å². The Morgan fingerprint density at radius 2 is 2.17 bits per heavy atom. The van der Waals surface area contributed by atoms with Gasteiger partial charge < -0.3 is 5.32 Å². The quantitative estimate of drug-likeness (QED) is 0.526. The molecule has 0 aromatic heterocycles. The number of fused-ring (bicyclic) bond motifs is 1. The van der Waals surface area contributed by atoms with Crippen molar-refractivity contribution < 1.29 is 9.72 Å². The third-order valence-electron chi connectivity index (χ3n) is 4.69. The molecule has 122 valence electrons. The highest BCUT2D eigenvalue weighted by molar-refractivity contribution is 5.92. The second-order valence-corrected chi connectivity index (χ2v) is 6.19. The summed E-state index contributed by atoms with van der Waals surface area (Å²) in [4.78, 5) is 24.9. The van der Waals surface area contributed by atoms with Crippen LogP contribution in [0.2, 0.25) is 0 Å². The van der Waals surface area contributed by atoms with Crippen LogP contribution in [0.25, 0.3) is 6.08 Å². The molecule has 1 amide bonds. The Kier molecular flexibility index (Phi) is 4.71. The van der Waals surface area contributed by atoms with E-state index in [-0.39, 0.29) is 17.6 Å². The maximum atomic E-state index is 12.1. The fraction of sp³-hybridized carbons (Fsp3) is 0.471. The van der Waals surface area contributed by atoms with Crippen molar-refractivity contribution in [2.24, 2.45) is 0 Å². The van der Waals surface area contributed by atoms with Crippen LogP contribution in [0, 0.1) is 10.1 Å². The molecule has 1 aromatic rings. The van der Waals surface area contributed by atoms with Crippen molar-refractivity contribution in [3.8, 4) is 0 Å². The molecule has 3 rings (SSSR count). The van der Waals surface area contributed by atoms with Crippen LogP contribution in [0.4, 0.5) is 5.69 Å². The van der Waals surface area contributed by atoms with Crippen LogP contribution in [0.15, 0.2) is 30.3 Å². The lowest BCUT2D eigenvalue weighted by Gasteiger charge is -2.32.